The molecule has 3 aromatic heterocycles. The number of pyridine rings is 1. The fourth-order valence-corrected chi connectivity index (χ4v) is 5.09. The highest BCUT2D eigenvalue weighted by Gasteiger charge is 2.28. The molecule has 3 aromatic rings. The number of rotatable bonds is 9. The van der Waals surface area contributed by atoms with Gasteiger partial charge in [-0.05, 0) is 83.6 Å². The van der Waals surface area contributed by atoms with Crippen LogP contribution in [0.3, 0.4) is 0 Å². The van der Waals surface area contributed by atoms with Crippen LogP contribution in [-0.4, -0.2) is 67.3 Å². The first-order valence-corrected chi connectivity index (χ1v) is 14.7. The van der Waals surface area contributed by atoms with Gasteiger partial charge in [0.2, 0.25) is 0 Å². The maximum atomic E-state index is 12.5. The number of carbonyl (C=O) groups excluding carboxylic acids is 2. The molecule has 0 aliphatic carbocycles. The molecule has 0 spiro atoms. The van der Waals surface area contributed by atoms with E-state index in [1.54, 1.807) is 17.3 Å². The maximum Gasteiger partial charge on any atom is 0.410 e. The third-order valence-electron chi connectivity index (χ3n) is 7.41. The molecule has 0 aromatic carbocycles. The molecule has 4 N–H and O–H groups in total. The van der Waals surface area contributed by atoms with Gasteiger partial charge in [-0.25, -0.2) is 4.79 Å². The number of piperidine rings is 1. The topological polar surface area (TPSA) is 140 Å². The van der Waals surface area contributed by atoms with E-state index < -0.39 is 5.60 Å². The molecule has 2 aliphatic rings. The molecule has 2 amide bonds. The molecule has 224 valence electrons. The number of hydrogen-bond donors (Lipinski definition) is 4. The van der Waals surface area contributed by atoms with Crippen LogP contribution in [0.25, 0.3) is 11.0 Å². The lowest BCUT2D eigenvalue weighted by Crippen LogP contribution is -2.41. The van der Waals surface area contributed by atoms with Crippen LogP contribution in [-0.2, 0) is 22.5 Å². The van der Waals surface area contributed by atoms with Crippen LogP contribution in [0.1, 0.15) is 75.0 Å². The standard InChI is InChI=1S/C30H41N9O3/c1-20-8-9-21(17-31-20)18-32-28(40)26-19-39(37-35-26)12-6-5-7-24-15-23-16-25(33-27(23)36-34-24)22-10-13-38(14-11-22)29(41)42-30(2,3)4/h8-9,15-17,19,22,35,37H,5-7,10-14,18H2,1-4H3,(H,32,40)(H,33,36). The highest BCUT2D eigenvalue weighted by atomic mass is 16.6. The minimum Gasteiger partial charge on any atom is -0.444 e. The molecule has 12 nitrogen and oxygen atoms in total. The van der Waals surface area contributed by atoms with Gasteiger partial charge in [0.1, 0.15) is 11.3 Å². The van der Waals surface area contributed by atoms with Gasteiger partial charge in [0, 0.05) is 61.3 Å². The number of nitrogens with zero attached hydrogens (tertiary/aromatic N) is 5. The predicted molar refractivity (Wildman–Crippen MR) is 158 cm³/mol. The summed E-state index contributed by atoms with van der Waals surface area (Å²) in [7, 11) is 0. The summed E-state index contributed by atoms with van der Waals surface area (Å²) in [5, 5.41) is 14.7. The van der Waals surface area contributed by atoms with E-state index in [2.05, 4.69) is 48.6 Å². The summed E-state index contributed by atoms with van der Waals surface area (Å²) >= 11 is 0. The van der Waals surface area contributed by atoms with Crippen LogP contribution in [0.2, 0.25) is 0 Å². The number of hydrogen-bond acceptors (Lipinski definition) is 9. The van der Waals surface area contributed by atoms with E-state index in [0.717, 1.165) is 72.3 Å². The molecule has 0 unspecified atom stereocenters. The Morgan fingerprint density at radius 2 is 1.93 bits per heavy atom. The summed E-state index contributed by atoms with van der Waals surface area (Å²) in [6.07, 6.45) is 7.76. The Morgan fingerprint density at radius 3 is 2.67 bits per heavy atom. The quantitative estimate of drug-likeness (QED) is 0.282. The lowest BCUT2D eigenvalue weighted by Gasteiger charge is -2.33. The molecule has 5 rings (SSSR count). The van der Waals surface area contributed by atoms with Crippen molar-refractivity contribution in [2.24, 2.45) is 0 Å². The minimum absolute atomic E-state index is 0.173. The Balaban J connectivity index is 1.04. The number of unbranched alkanes of at least 4 members (excludes halogenated alkanes) is 1. The molecule has 1 fully saturated rings. The Hall–Kier alpha value is -4.19. The van der Waals surface area contributed by atoms with Gasteiger partial charge in [0.05, 0.1) is 5.69 Å². The molecule has 0 bridgehead atoms. The van der Waals surface area contributed by atoms with E-state index in [9.17, 15) is 9.59 Å². The number of likely N-dealkylation sites (tertiary alicyclic amines) is 1. The number of H-pyrrole nitrogens is 1. The first-order valence-electron chi connectivity index (χ1n) is 14.7. The molecule has 5 heterocycles. The van der Waals surface area contributed by atoms with Crippen molar-refractivity contribution in [1.82, 2.24) is 46.4 Å². The minimum atomic E-state index is -0.483. The normalized spacial score (nSPS) is 16.0. The largest absolute Gasteiger partial charge is 0.444 e. The number of aryl methyl sites for hydroxylation is 2. The van der Waals surface area contributed by atoms with Gasteiger partial charge in [-0.3, -0.25) is 20.2 Å². The highest BCUT2D eigenvalue weighted by molar-refractivity contribution is 5.92. The van der Waals surface area contributed by atoms with Crippen LogP contribution in [0.4, 0.5) is 4.79 Å². The molecular formula is C30H41N9O3. The maximum absolute atomic E-state index is 12.5. The van der Waals surface area contributed by atoms with Crippen LogP contribution in [0.5, 0.6) is 0 Å². The first kappa shape index (κ1) is 29.3. The fourth-order valence-electron chi connectivity index (χ4n) is 5.09. The number of carbonyl (C=O) groups is 2. The summed E-state index contributed by atoms with van der Waals surface area (Å²) in [5.41, 5.74) is 10.8. The van der Waals surface area contributed by atoms with Gasteiger partial charge in [-0.2, -0.15) is 5.10 Å². The predicted octanol–water partition coefficient (Wildman–Crippen LogP) is 3.58. The highest BCUT2D eigenvalue weighted by Crippen LogP contribution is 2.30. The van der Waals surface area contributed by atoms with Gasteiger partial charge >= 0.3 is 6.09 Å². The second-order valence-corrected chi connectivity index (χ2v) is 12.0. The number of ether oxygens (including phenoxy) is 1. The van der Waals surface area contributed by atoms with Crippen molar-refractivity contribution in [2.75, 3.05) is 19.6 Å². The molecule has 2 aliphatic heterocycles. The van der Waals surface area contributed by atoms with Crippen molar-refractivity contribution < 1.29 is 14.3 Å². The first-order chi connectivity index (χ1) is 20.1. The molecule has 1 saturated heterocycles. The van der Waals surface area contributed by atoms with Crippen LogP contribution >= 0.6 is 0 Å². The lowest BCUT2D eigenvalue weighted by molar-refractivity contribution is -0.118. The van der Waals surface area contributed by atoms with E-state index in [-0.39, 0.29) is 12.0 Å². The molecular weight excluding hydrogens is 534 g/mol. The Kier molecular flexibility index (Phi) is 8.91. The van der Waals surface area contributed by atoms with Crippen molar-refractivity contribution in [2.45, 2.75) is 77.9 Å². The van der Waals surface area contributed by atoms with Crippen molar-refractivity contribution >= 4 is 23.0 Å². The number of amides is 2. The Labute approximate surface area is 246 Å². The third-order valence-corrected chi connectivity index (χ3v) is 7.41. The van der Waals surface area contributed by atoms with E-state index in [1.807, 2.05) is 44.8 Å². The second kappa shape index (κ2) is 12.8. The Bertz CT molecular complexity index is 1420. The zero-order valence-corrected chi connectivity index (χ0v) is 24.9. The fraction of sp³-hybridized carbons (Fsp3) is 0.500. The van der Waals surface area contributed by atoms with Crippen molar-refractivity contribution in [1.29, 1.82) is 0 Å². The van der Waals surface area contributed by atoms with E-state index in [4.69, 9.17) is 4.74 Å². The van der Waals surface area contributed by atoms with Crippen LogP contribution in [0, 0.1) is 6.92 Å². The lowest BCUT2D eigenvalue weighted by atomic mass is 9.94. The molecule has 42 heavy (non-hydrogen) atoms. The summed E-state index contributed by atoms with van der Waals surface area (Å²) in [6, 6.07) is 8.17. The summed E-state index contributed by atoms with van der Waals surface area (Å²) in [5.74, 6) is 0.177. The SMILES string of the molecule is Cc1ccc(CNC(=O)C2=CN(CCCCc3cc4cc(C5CCN(C(=O)OC(C)(C)C)CC5)[nH]c4nn3)NN2)cn1. The van der Waals surface area contributed by atoms with Gasteiger partial charge in [-0.15, -0.1) is 10.6 Å². The van der Waals surface area contributed by atoms with Gasteiger partial charge in [-0.1, -0.05) is 6.07 Å². The Morgan fingerprint density at radius 1 is 1.12 bits per heavy atom. The molecule has 0 atom stereocenters. The van der Waals surface area contributed by atoms with Crippen LogP contribution < -0.4 is 16.3 Å². The van der Waals surface area contributed by atoms with Gasteiger partial charge < -0.3 is 19.9 Å². The third kappa shape index (κ3) is 7.75. The van der Waals surface area contributed by atoms with Crippen molar-refractivity contribution in [3.05, 3.63) is 65.0 Å². The number of fused-ring (bicyclic) bond motifs is 1. The number of nitrogens with one attached hydrogen (secondary N) is 4. The van der Waals surface area contributed by atoms with Crippen molar-refractivity contribution in [3.8, 4) is 0 Å². The zero-order valence-electron chi connectivity index (χ0n) is 24.9. The van der Waals surface area contributed by atoms with Crippen molar-refractivity contribution in [3.63, 3.8) is 0 Å². The average molecular weight is 576 g/mol. The van der Waals surface area contributed by atoms with E-state index >= 15 is 0 Å². The van der Waals surface area contributed by atoms with Gasteiger partial charge in [0.15, 0.2) is 5.65 Å². The molecule has 12 heteroatoms. The molecule has 0 radical (unpaired) electrons. The summed E-state index contributed by atoms with van der Waals surface area (Å²) < 4.78 is 5.52. The zero-order chi connectivity index (χ0) is 29.7. The number of aromatic amines is 1. The van der Waals surface area contributed by atoms with Crippen LogP contribution in [0.15, 0.2) is 42.4 Å². The smallest absolute Gasteiger partial charge is 0.410 e. The summed E-state index contributed by atoms with van der Waals surface area (Å²) in [4.78, 5) is 34.4. The van der Waals surface area contributed by atoms with E-state index in [0.29, 0.717) is 31.2 Å². The average Bonchev–Trinajstić information content (AvgIpc) is 3.61. The second-order valence-electron chi connectivity index (χ2n) is 12.0. The molecule has 0 saturated carbocycles. The monoisotopic (exact) mass is 575 g/mol. The van der Waals surface area contributed by atoms with E-state index in [1.165, 1.54) is 0 Å². The summed E-state index contributed by atoms with van der Waals surface area (Å²) in [6.45, 7) is 10.1. The van der Waals surface area contributed by atoms with Gasteiger partial charge in [0.25, 0.3) is 5.91 Å². The number of aromatic nitrogens is 4. The number of hydrazine groups is 2.